The fourth-order valence-electron chi connectivity index (χ4n) is 2.08. The van der Waals surface area contributed by atoms with E-state index in [2.05, 4.69) is 12.2 Å². The summed E-state index contributed by atoms with van der Waals surface area (Å²) in [4.78, 5) is 13.0. The highest BCUT2D eigenvalue weighted by molar-refractivity contribution is 5.82. The van der Waals surface area contributed by atoms with E-state index < -0.39 is 0 Å². The van der Waals surface area contributed by atoms with Crippen molar-refractivity contribution >= 4 is 5.91 Å². The Kier molecular flexibility index (Phi) is 2.11. The first kappa shape index (κ1) is 9.12. The SMILES string of the molecule is O=C1CC2OCC(C3=CCOC3)=CCN12. The third-order valence-corrected chi connectivity index (χ3v) is 3.10. The molecule has 3 aliphatic rings. The standard InChI is InChI=1S/C11H13NO3/c13-10-5-11-12(10)3-1-8(7-15-11)9-2-4-14-6-9/h1-2,11H,3-7H2. The van der Waals surface area contributed by atoms with Crippen LogP contribution < -0.4 is 0 Å². The summed E-state index contributed by atoms with van der Waals surface area (Å²) in [5.74, 6) is 0.189. The van der Waals surface area contributed by atoms with Crippen molar-refractivity contribution in [1.29, 1.82) is 0 Å². The summed E-state index contributed by atoms with van der Waals surface area (Å²) in [7, 11) is 0. The van der Waals surface area contributed by atoms with Gasteiger partial charge in [-0.1, -0.05) is 12.2 Å². The lowest BCUT2D eigenvalue weighted by atomic mass is 10.1. The molecule has 0 aromatic rings. The third-order valence-electron chi connectivity index (χ3n) is 3.10. The number of hydrogen-bond acceptors (Lipinski definition) is 3. The van der Waals surface area contributed by atoms with Crippen molar-refractivity contribution in [3.63, 3.8) is 0 Å². The number of carbonyl (C=O) groups excluding carboxylic acids is 1. The number of nitrogens with zero attached hydrogens (tertiary/aromatic N) is 1. The highest BCUT2D eigenvalue weighted by Crippen LogP contribution is 2.26. The van der Waals surface area contributed by atoms with Gasteiger partial charge in [0.2, 0.25) is 5.91 Å². The van der Waals surface area contributed by atoms with Gasteiger partial charge in [0.05, 0.1) is 26.2 Å². The maximum Gasteiger partial charge on any atom is 0.229 e. The molecule has 0 spiro atoms. The molecular weight excluding hydrogens is 194 g/mol. The lowest BCUT2D eigenvalue weighted by Crippen LogP contribution is -2.53. The van der Waals surface area contributed by atoms with Crippen LogP contribution in [0.2, 0.25) is 0 Å². The van der Waals surface area contributed by atoms with Gasteiger partial charge in [0.1, 0.15) is 6.23 Å². The topological polar surface area (TPSA) is 38.8 Å². The highest BCUT2D eigenvalue weighted by atomic mass is 16.5. The van der Waals surface area contributed by atoms with Gasteiger partial charge in [-0.3, -0.25) is 4.79 Å². The number of hydrogen-bond donors (Lipinski definition) is 0. The van der Waals surface area contributed by atoms with E-state index in [1.807, 2.05) is 0 Å². The molecule has 0 bridgehead atoms. The van der Waals surface area contributed by atoms with Gasteiger partial charge in [-0.05, 0) is 11.1 Å². The minimum absolute atomic E-state index is 0.00849. The molecule has 1 unspecified atom stereocenters. The van der Waals surface area contributed by atoms with Gasteiger partial charge in [0.15, 0.2) is 0 Å². The maximum atomic E-state index is 11.2. The Morgan fingerprint density at radius 3 is 2.87 bits per heavy atom. The molecule has 0 aromatic heterocycles. The van der Waals surface area contributed by atoms with E-state index in [1.54, 1.807) is 4.90 Å². The third kappa shape index (κ3) is 1.50. The summed E-state index contributed by atoms with van der Waals surface area (Å²) in [6, 6.07) is 0. The zero-order valence-electron chi connectivity index (χ0n) is 8.44. The van der Waals surface area contributed by atoms with Crippen molar-refractivity contribution in [3.05, 3.63) is 23.3 Å². The fraction of sp³-hybridized carbons (Fsp3) is 0.545. The summed E-state index contributed by atoms with van der Waals surface area (Å²) >= 11 is 0. The lowest BCUT2D eigenvalue weighted by Gasteiger charge is -2.37. The first-order valence-corrected chi connectivity index (χ1v) is 5.22. The molecule has 15 heavy (non-hydrogen) atoms. The van der Waals surface area contributed by atoms with Crippen LogP contribution in [0.5, 0.6) is 0 Å². The average Bonchev–Trinajstić information content (AvgIpc) is 2.68. The summed E-state index contributed by atoms with van der Waals surface area (Å²) < 4.78 is 10.9. The monoisotopic (exact) mass is 207 g/mol. The minimum atomic E-state index is 0.00849. The van der Waals surface area contributed by atoms with Crippen LogP contribution in [0.3, 0.4) is 0 Å². The van der Waals surface area contributed by atoms with Crippen molar-refractivity contribution in [1.82, 2.24) is 4.90 Å². The van der Waals surface area contributed by atoms with Crippen molar-refractivity contribution in [3.8, 4) is 0 Å². The van der Waals surface area contributed by atoms with Crippen LogP contribution in [0, 0.1) is 0 Å². The first-order chi connectivity index (χ1) is 7.34. The Hall–Kier alpha value is -1.13. The summed E-state index contributed by atoms with van der Waals surface area (Å²) in [5.41, 5.74) is 2.39. The molecule has 80 valence electrons. The van der Waals surface area contributed by atoms with Gasteiger partial charge < -0.3 is 14.4 Å². The second-order valence-electron chi connectivity index (χ2n) is 3.99. The molecule has 0 radical (unpaired) electrons. The lowest BCUT2D eigenvalue weighted by molar-refractivity contribution is -0.169. The largest absolute Gasteiger partial charge is 0.373 e. The molecule has 1 saturated heterocycles. The number of carbonyl (C=O) groups is 1. The van der Waals surface area contributed by atoms with Crippen LogP contribution >= 0.6 is 0 Å². The normalized spacial score (nSPS) is 30.3. The molecule has 0 N–H and O–H groups in total. The Morgan fingerprint density at radius 2 is 2.13 bits per heavy atom. The number of amides is 1. The molecule has 0 aromatic carbocycles. The number of fused-ring (bicyclic) bond motifs is 1. The second-order valence-corrected chi connectivity index (χ2v) is 3.99. The van der Waals surface area contributed by atoms with E-state index >= 15 is 0 Å². The molecule has 3 aliphatic heterocycles. The molecule has 0 aliphatic carbocycles. The van der Waals surface area contributed by atoms with Gasteiger partial charge in [0.25, 0.3) is 0 Å². The highest BCUT2D eigenvalue weighted by Gasteiger charge is 2.37. The molecule has 3 heterocycles. The Labute approximate surface area is 88.1 Å². The number of rotatable bonds is 1. The van der Waals surface area contributed by atoms with Gasteiger partial charge in [0, 0.05) is 6.54 Å². The van der Waals surface area contributed by atoms with Gasteiger partial charge >= 0.3 is 0 Å². The predicted octanol–water partition coefficient (Wildman–Crippen LogP) is 0.458. The average molecular weight is 207 g/mol. The van der Waals surface area contributed by atoms with Gasteiger partial charge in [-0.2, -0.15) is 0 Å². The van der Waals surface area contributed by atoms with Crippen LogP contribution in [-0.4, -0.2) is 43.4 Å². The smallest absolute Gasteiger partial charge is 0.229 e. The zero-order valence-corrected chi connectivity index (χ0v) is 8.44. The maximum absolute atomic E-state index is 11.2. The Balaban J connectivity index is 1.75. The Bertz CT molecular complexity index is 359. The fourth-order valence-corrected chi connectivity index (χ4v) is 2.08. The molecule has 3 rings (SSSR count). The number of ether oxygens (including phenoxy) is 2. The van der Waals surface area contributed by atoms with E-state index in [4.69, 9.17) is 9.47 Å². The molecule has 1 amide bonds. The predicted molar refractivity (Wildman–Crippen MR) is 53.1 cm³/mol. The van der Waals surface area contributed by atoms with E-state index in [0.717, 1.165) is 0 Å². The van der Waals surface area contributed by atoms with Crippen molar-refractivity contribution < 1.29 is 14.3 Å². The second kappa shape index (κ2) is 3.47. The summed E-state index contributed by atoms with van der Waals surface area (Å²) in [5, 5.41) is 0. The van der Waals surface area contributed by atoms with Crippen LogP contribution in [0.25, 0.3) is 0 Å². The molecule has 4 heteroatoms. The van der Waals surface area contributed by atoms with Crippen LogP contribution in [0.4, 0.5) is 0 Å². The van der Waals surface area contributed by atoms with E-state index in [1.165, 1.54) is 11.1 Å². The van der Waals surface area contributed by atoms with Crippen molar-refractivity contribution in [2.45, 2.75) is 12.6 Å². The molecule has 0 saturated carbocycles. The van der Waals surface area contributed by atoms with E-state index in [0.29, 0.717) is 32.8 Å². The summed E-state index contributed by atoms with van der Waals surface area (Å²) in [6.07, 6.45) is 4.71. The van der Waals surface area contributed by atoms with Crippen LogP contribution in [0.1, 0.15) is 6.42 Å². The van der Waals surface area contributed by atoms with Gasteiger partial charge in [-0.15, -0.1) is 0 Å². The quantitative estimate of drug-likeness (QED) is 0.586. The molecule has 1 fully saturated rings. The van der Waals surface area contributed by atoms with Gasteiger partial charge in [-0.25, -0.2) is 0 Å². The minimum Gasteiger partial charge on any atom is -0.373 e. The van der Waals surface area contributed by atoms with Crippen molar-refractivity contribution in [2.75, 3.05) is 26.4 Å². The van der Waals surface area contributed by atoms with Crippen LogP contribution in [-0.2, 0) is 14.3 Å². The Morgan fingerprint density at radius 1 is 1.27 bits per heavy atom. The van der Waals surface area contributed by atoms with E-state index in [9.17, 15) is 4.79 Å². The zero-order chi connectivity index (χ0) is 10.3. The van der Waals surface area contributed by atoms with E-state index in [-0.39, 0.29) is 12.1 Å². The molecule has 4 nitrogen and oxygen atoms in total. The first-order valence-electron chi connectivity index (χ1n) is 5.22. The van der Waals surface area contributed by atoms with Crippen LogP contribution in [0.15, 0.2) is 23.3 Å². The van der Waals surface area contributed by atoms with Crippen molar-refractivity contribution in [2.24, 2.45) is 0 Å². The molecular formula is C11H13NO3. The summed E-state index contributed by atoms with van der Waals surface area (Å²) in [6.45, 7) is 2.65. The number of β-lactam (4-membered cyclic amide) rings is 1. The molecule has 1 atom stereocenters.